The van der Waals surface area contributed by atoms with Gasteiger partial charge in [-0.2, -0.15) is 14.7 Å². The second kappa shape index (κ2) is 6.50. The highest BCUT2D eigenvalue weighted by Gasteiger charge is 2.34. The highest BCUT2D eigenvalue weighted by Crippen LogP contribution is 2.27. The first-order valence-electron chi connectivity index (χ1n) is 9.30. The molecular weight excluding hydrogens is 358 g/mol. The highest BCUT2D eigenvalue weighted by atomic mass is 16.6. The summed E-state index contributed by atoms with van der Waals surface area (Å²) in [5, 5.41) is 8.57. The number of nitrogens with zero attached hydrogens (tertiary/aromatic N) is 6. The number of anilines is 1. The first-order chi connectivity index (χ1) is 13.2. The van der Waals surface area contributed by atoms with Gasteiger partial charge in [-0.25, -0.2) is 9.78 Å². The quantitative estimate of drug-likeness (QED) is 0.743. The van der Waals surface area contributed by atoms with Crippen LogP contribution in [-0.4, -0.2) is 54.1 Å². The van der Waals surface area contributed by atoms with E-state index in [-0.39, 0.29) is 6.09 Å². The molecule has 2 N–H and O–H groups in total. The summed E-state index contributed by atoms with van der Waals surface area (Å²) in [4.78, 5) is 18.6. The molecule has 0 unspecified atom stereocenters. The van der Waals surface area contributed by atoms with Crippen molar-refractivity contribution < 1.29 is 9.53 Å². The molecule has 9 heteroatoms. The maximum absolute atomic E-state index is 12.1. The minimum absolute atomic E-state index is 0.263. The van der Waals surface area contributed by atoms with E-state index in [1.165, 1.54) is 0 Å². The fraction of sp³-hybridized carbons (Fsp3) is 0.474. The maximum Gasteiger partial charge on any atom is 0.410 e. The molecule has 1 amide bonds. The number of rotatable bonds is 3. The van der Waals surface area contributed by atoms with E-state index in [9.17, 15) is 4.79 Å². The second-order valence-corrected chi connectivity index (χ2v) is 8.32. The van der Waals surface area contributed by atoms with Crippen molar-refractivity contribution in [1.29, 1.82) is 0 Å². The van der Waals surface area contributed by atoms with Gasteiger partial charge in [-0.05, 0) is 33.1 Å². The van der Waals surface area contributed by atoms with E-state index in [2.05, 4.69) is 10.2 Å². The van der Waals surface area contributed by atoms with Crippen LogP contribution in [0.1, 0.15) is 26.5 Å². The predicted octanol–water partition coefficient (Wildman–Crippen LogP) is 2.12. The molecule has 0 atom stereocenters. The van der Waals surface area contributed by atoms with E-state index in [0.29, 0.717) is 30.5 Å². The molecule has 1 saturated heterocycles. The first-order valence-corrected chi connectivity index (χ1v) is 9.30. The molecule has 1 aliphatic rings. The Morgan fingerprint density at radius 1 is 1.29 bits per heavy atom. The number of aromatic nitrogens is 5. The summed E-state index contributed by atoms with van der Waals surface area (Å²) in [5.74, 6) is 0.880. The maximum atomic E-state index is 12.1. The third-order valence-corrected chi connectivity index (χ3v) is 4.67. The third kappa shape index (κ3) is 3.51. The van der Waals surface area contributed by atoms with Crippen molar-refractivity contribution in [2.75, 3.05) is 18.8 Å². The smallest absolute Gasteiger partial charge is 0.410 e. The van der Waals surface area contributed by atoms with Gasteiger partial charge >= 0.3 is 6.09 Å². The molecule has 0 bridgehead atoms. The molecule has 148 valence electrons. The van der Waals surface area contributed by atoms with Gasteiger partial charge in [0.15, 0.2) is 5.65 Å². The monoisotopic (exact) mass is 383 g/mol. The molecule has 4 heterocycles. The Hall–Kier alpha value is -3.10. The molecule has 1 fully saturated rings. The molecule has 0 aromatic carbocycles. The Morgan fingerprint density at radius 3 is 2.68 bits per heavy atom. The summed E-state index contributed by atoms with van der Waals surface area (Å²) in [6, 6.07) is 1.85. The van der Waals surface area contributed by atoms with Gasteiger partial charge in [0.05, 0.1) is 12.4 Å². The van der Waals surface area contributed by atoms with Crippen molar-refractivity contribution >= 4 is 17.6 Å². The zero-order valence-corrected chi connectivity index (χ0v) is 16.6. The first kappa shape index (κ1) is 18.3. The van der Waals surface area contributed by atoms with Crippen molar-refractivity contribution in [1.82, 2.24) is 29.3 Å². The fourth-order valence-electron chi connectivity index (χ4n) is 3.38. The lowest BCUT2D eigenvalue weighted by Crippen LogP contribution is -2.52. The van der Waals surface area contributed by atoms with E-state index in [0.717, 1.165) is 23.2 Å². The van der Waals surface area contributed by atoms with Crippen LogP contribution in [-0.2, 0) is 18.2 Å². The van der Waals surface area contributed by atoms with Gasteiger partial charge in [0.2, 0.25) is 0 Å². The Balaban J connectivity index is 1.49. The van der Waals surface area contributed by atoms with Gasteiger partial charge in [-0.1, -0.05) is 0 Å². The van der Waals surface area contributed by atoms with Crippen LogP contribution in [0, 0.1) is 5.92 Å². The van der Waals surface area contributed by atoms with Crippen LogP contribution in [0.15, 0.2) is 24.7 Å². The van der Waals surface area contributed by atoms with Gasteiger partial charge in [0, 0.05) is 49.2 Å². The number of ether oxygens (including phenoxy) is 1. The largest absolute Gasteiger partial charge is 0.444 e. The van der Waals surface area contributed by atoms with Crippen LogP contribution in [0.2, 0.25) is 0 Å². The molecule has 3 aromatic heterocycles. The fourth-order valence-corrected chi connectivity index (χ4v) is 3.38. The molecular formula is C19H25N7O2. The number of carbonyl (C=O) groups excluding carboxylic acids is 1. The number of nitrogen functional groups attached to an aromatic ring is 1. The molecule has 9 nitrogen and oxygen atoms in total. The topological polar surface area (TPSA) is 104 Å². The van der Waals surface area contributed by atoms with Crippen molar-refractivity contribution in [2.45, 2.75) is 32.8 Å². The summed E-state index contributed by atoms with van der Waals surface area (Å²) < 4.78 is 8.79. The Labute approximate surface area is 163 Å². The number of aryl methyl sites for hydroxylation is 1. The predicted molar refractivity (Wildman–Crippen MR) is 105 cm³/mol. The molecule has 3 aromatic rings. The van der Waals surface area contributed by atoms with Gasteiger partial charge in [-0.15, -0.1) is 0 Å². The molecule has 0 spiro atoms. The number of carbonyl (C=O) groups is 1. The number of hydrogen-bond donors (Lipinski definition) is 1. The average Bonchev–Trinajstić information content (AvgIpc) is 3.14. The minimum atomic E-state index is -0.478. The van der Waals surface area contributed by atoms with Crippen LogP contribution in [0.25, 0.3) is 16.8 Å². The van der Waals surface area contributed by atoms with Crippen LogP contribution >= 0.6 is 0 Å². The number of hydrogen-bond acceptors (Lipinski definition) is 6. The molecule has 1 aliphatic heterocycles. The van der Waals surface area contributed by atoms with Crippen LogP contribution in [0.3, 0.4) is 0 Å². The van der Waals surface area contributed by atoms with Crippen molar-refractivity contribution in [2.24, 2.45) is 13.0 Å². The van der Waals surface area contributed by atoms with Gasteiger partial charge in [-0.3, -0.25) is 4.68 Å². The molecule has 0 saturated carbocycles. The Bertz CT molecular complexity index is 1020. The van der Waals surface area contributed by atoms with E-state index in [4.69, 9.17) is 15.5 Å². The molecule has 0 radical (unpaired) electrons. The van der Waals surface area contributed by atoms with Crippen LogP contribution < -0.4 is 5.73 Å². The summed E-state index contributed by atoms with van der Waals surface area (Å²) in [5.41, 5.74) is 9.16. The van der Waals surface area contributed by atoms with Crippen molar-refractivity contribution in [3.63, 3.8) is 0 Å². The summed E-state index contributed by atoms with van der Waals surface area (Å²) in [6.45, 7) is 6.94. The number of fused-ring (bicyclic) bond motifs is 1. The number of amides is 1. The van der Waals surface area contributed by atoms with E-state index >= 15 is 0 Å². The summed E-state index contributed by atoms with van der Waals surface area (Å²) in [6.07, 6.45) is 5.95. The number of nitrogens with two attached hydrogens (primary N) is 1. The molecule has 28 heavy (non-hydrogen) atoms. The van der Waals surface area contributed by atoms with Gasteiger partial charge < -0.3 is 15.4 Å². The summed E-state index contributed by atoms with van der Waals surface area (Å²) >= 11 is 0. The van der Waals surface area contributed by atoms with Crippen molar-refractivity contribution in [3.05, 3.63) is 30.4 Å². The summed E-state index contributed by atoms with van der Waals surface area (Å²) in [7, 11) is 1.87. The van der Waals surface area contributed by atoms with E-state index in [1.54, 1.807) is 26.5 Å². The van der Waals surface area contributed by atoms with Gasteiger partial charge in [0.1, 0.15) is 11.4 Å². The van der Waals surface area contributed by atoms with Crippen LogP contribution in [0.4, 0.5) is 10.6 Å². The lowest BCUT2D eigenvalue weighted by atomic mass is 9.95. The van der Waals surface area contributed by atoms with Crippen molar-refractivity contribution in [3.8, 4) is 11.1 Å². The zero-order chi connectivity index (χ0) is 20.1. The second-order valence-electron chi connectivity index (χ2n) is 8.32. The van der Waals surface area contributed by atoms with E-state index < -0.39 is 5.60 Å². The van der Waals surface area contributed by atoms with Crippen LogP contribution in [0.5, 0.6) is 0 Å². The Morgan fingerprint density at radius 2 is 2.04 bits per heavy atom. The van der Waals surface area contributed by atoms with Gasteiger partial charge in [0.25, 0.3) is 0 Å². The highest BCUT2D eigenvalue weighted by molar-refractivity contribution is 5.77. The lowest BCUT2D eigenvalue weighted by molar-refractivity contribution is -0.00100. The minimum Gasteiger partial charge on any atom is -0.444 e. The SMILES string of the molecule is Cn1cc(-c2cnn3c(N)cc(CC4CN(C(=O)OC(C)(C)C)C4)nc23)cn1. The third-order valence-electron chi connectivity index (χ3n) is 4.67. The lowest BCUT2D eigenvalue weighted by Gasteiger charge is -2.39. The normalized spacial score (nSPS) is 15.1. The molecule has 0 aliphatic carbocycles. The zero-order valence-electron chi connectivity index (χ0n) is 16.6. The average molecular weight is 383 g/mol. The number of likely N-dealkylation sites (tertiary alicyclic amines) is 1. The standard InChI is InChI=1S/C19H25N7O2/c1-19(2,3)28-18(27)25-9-12(10-25)5-14-6-16(20)26-17(23-14)15(8-22-26)13-7-21-24(4)11-13/h6-8,11-12H,5,9-10,20H2,1-4H3. The Kier molecular flexibility index (Phi) is 4.24. The molecule has 4 rings (SSSR count). The van der Waals surface area contributed by atoms with E-state index in [1.807, 2.05) is 40.1 Å².